The number of hydrogen-bond donors (Lipinski definition) is 0. The van der Waals surface area contributed by atoms with E-state index in [-0.39, 0.29) is 5.30 Å². The third-order valence-electron chi connectivity index (χ3n) is 1.32. The summed E-state index contributed by atoms with van der Waals surface area (Å²) in [7, 11) is 0. The van der Waals surface area contributed by atoms with Crippen molar-refractivity contribution in [3.05, 3.63) is 11.0 Å². The highest BCUT2D eigenvalue weighted by molar-refractivity contribution is 8.17. The summed E-state index contributed by atoms with van der Waals surface area (Å²) < 4.78 is 4.92. The first kappa shape index (κ1) is 8.15. The zero-order chi connectivity index (χ0) is 8.48. The molecule has 0 atom stereocenters. The zero-order valence-electron chi connectivity index (χ0n) is 6.25. The SMILES string of the molecule is CC1(C)OC(=O)S/C1=C\C#N. The molecule has 0 amide bonds. The van der Waals surface area contributed by atoms with Crippen molar-refractivity contribution in [2.45, 2.75) is 19.4 Å². The van der Waals surface area contributed by atoms with E-state index in [1.165, 1.54) is 6.08 Å². The van der Waals surface area contributed by atoms with Crippen LogP contribution in [0.2, 0.25) is 0 Å². The minimum Gasteiger partial charge on any atom is -0.446 e. The normalized spacial score (nSPS) is 24.8. The molecule has 1 saturated heterocycles. The number of nitrogens with zero attached hydrogens (tertiary/aromatic N) is 1. The summed E-state index contributed by atoms with van der Waals surface area (Å²) in [6.07, 6.45) is 1.34. The molecular formula is C7H7NO2S. The van der Waals surface area contributed by atoms with Crippen LogP contribution in [-0.4, -0.2) is 10.9 Å². The molecule has 1 heterocycles. The number of cyclic esters (lactones) is 1. The molecule has 0 aromatic heterocycles. The van der Waals surface area contributed by atoms with Crippen LogP contribution in [0.15, 0.2) is 11.0 Å². The molecule has 0 aliphatic carbocycles. The monoisotopic (exact) mass is 169 g/mol. The first-order chi connectivity index (χ1) is 5.06. The summed E-state index contributed by atoms with van der Waals surface area (Å²) in [4.78, 5) is 11.4. The van der Waals surface area contributed by atoms with Crippen LogP contribution in [-0.2, 0) is 4.74 Å². The second-order valence-corrected chi connectivity index (χ2v) is 3.58. The van der Waals surface area contributed by atoms with E-state index in [2.05, 4.69) is 0 Å². The van der Waals surface area contributed by atoms with Gasteiger partial charge in [0.25, 0.3) is 0 Å². The second kappa shape index (κ2) is 2.59. The Labute approximate surface area is 69.0 Å². The molecular weight excluding hydrogens is 162 g/mol. The fraction of sp³-hybridized carbons (Fsp3) is 0.429. The highest BCUT2D eigenvalue weighted by Crippen LogP contribution is 2.39. The predicted octanol–water partition coefficient (Wildman–Crippen LogP) is 2.06. The van der Waals surface area contributed by atoms with E-state index < -0.39 is 5.60 Å². The maximum atomic E-state index is 10.7. The van der Waals surface area contributed by atoms with Crippen molar-refractivity contribution in [1.82, 2.24) is 0 Å². The standard InChI is InChI=1S/C7H7NO2S/c1-7(2)5(3-4-8)11-6(9)10-7/h3H,1-2H3/b5-3-. The smallest absolute Gasteiger partial charge is 0.372 e. The average molecular weight is 169 g/mol. The largest absolute Gasteiger partial charge is 0.446 e. The van der Waals surface area contributed by atoms with E-state index in [0.29, 0.717) is 4.91 Å². The molecule has 0 aromatic rings. The molecule has 3 nitrogen and oxygen atoms in total. The van der Waals surface area contributed by atoms with Gasteiger partial charge in [0.2, 0.25) is 0 Å². The van der Waals surface area contributed by atoms with Gasteiger partial charge in [-0.15, -0.1) is 0 Å². The van der Waals surface area contributed by atoms with E-state index >= 15 is 0 Å². The molecule has 0 radical (unpaired) electrons. The summed E-state index contributed by atoms with van der Waals surface area (Å²) in [5, 5.41) is 8.00. The van der Waals surface area contributed by atoms with Crippen molar-refractivity contribution >= 4 is 17.1 Å². The fourth-order valence-corrected chi connectivity index (χ4v) is 1.58. The average Bonchev–Trinajstić information content (AvgIpc) is 2.07. The van der Waals surface area contributed by atoms with Crippen LogP contribution < -0.4 is 0 Å². The molecule has 11 heavy (non-hydrogen) atoms. The van der Waals surface area contributed by atoms with E-state index in [1.54, 1.807) is 13.8 Å². The first-order valence-electron chi connectivity index (χ1n) is 3.07. The van der Waals surface area contributed by atoms with Gasteiger partial charge in [0, 0.05) is 11.0 Å². The van der Waals surface area contributed by atoms with Gasteiger partial charge in [-0.3, -0.25) is 0 Å². The number of nitriles is 1. The van der Waals surface area contributed by atoms with Gasteiger partial charge < -0.3 is 4.74 Å². The molecule has 0 unspecified atom stereocenters. The lowest BCUT2D eigenvalue weighted by Gasteiger charge is -2.15. The number of rotatable bonds is 0. The number of carbonyl (C=O) groups is 1. The molecule has 4 heteroatoms. The number of hydrogen-bond acceptors (Lipinski definition) is 4. The lowest BCUT2D eigenvalue weighted by Crippen LogP contribution is -2.19. The Kier molecular flexibility index (Phi) is 1.92. The first-order valence-corrected chi connectivity index (χ1v) is 3.89. The van der Waals surface area contributed by atoms with Crippen molar-refractivity contribution in [3.63, 3.8) is 0 Å². The van der Waals surface area contributed by atoms with Crippen LogP contribution in [0.25, 0.3) is 0 Å². The van der Waals surface area contributed by atoms with Crippen molar-refractivity contribution in [3.8, 4) is 6.07 Å². The van der Waals surface area contributed by atoms with Crippen molar-refractivity contribution in [1.29, 1.82) is 5.26 Å². The molecule has 0 N–H and O–H groups in total. The van der Waals surface area contributed by atoms with Gasteiger partial charge in [0.15, 0.2) is 0 Å². The third kappa shape index (κ3) is 1.55. The molecule has 1 aliphatic rings. The number of carbonyl (C=O) groups excluding carboxylic acids is 1. The minimum absolute atomic E-state index is 0.337. The number of ether oxygens (including phenoxy) is 1. The fourth-order valence-electron chi connectivity index (χ4n) is 0.754. The Morgan fingerprint density at radius 1 is 1.73 bits per heavy atom. The maximum Gasteiger partial charge on any atom is 0.372 e. The quantitative estimate of drug-likeness (QED) is 0.411. The molecule has 0 aromatic carbocycles. The van der Waals surface area contributed by atoms with Crippen molar-refractivity contribution in [2.24, 2.45) is 0 Å². The van der Waals surface area contributed by atoms with Crippen molar-refractivity contribution < 1.29 is 9.53 Å². The van der Waals surface area contributed by atoms with Crippen LogP contribution in [0.5, 0.6) is 0 Å². The number of thioether (sulfide) groups is 1. The molecule has 1 rings (SSSR count). The summed E-state index contributed by atoms with van der Waals surface area (Å²) in [5.74, 6) is 0. The van der Waals surface area contributed by atoms with Crippen LogP contribution in [0.4, 0.5) is 4.79 Å². The van der Waals surface area contributed by atoms with Crippen LogP contribution in [0, 0.1) is 11.3 Å². The van der Waals surface area contributed by atoms with E-state index in [1.807, 2.05) is 6.07 Å². The van der Waals surface area contributed by atoms with Gasteiger partial charge >= 0.3 is 5.30 Å². The van der Waals surface area contributed by atoms with Gasteiger partial charge in [-0.25, -0.2) is 4.79 Å². The summed E-state index contributed by atoms with van der Waals surface area (Å²) in [6, 6.07) is 1.87. The molecule has 58 valence electrons. The number of allylic oxidation sites excluding steroid dienone is 1. The molecule has 0 saturated carbocycles. The van der Waals surface area contributed by atoms with E-state index in [0.717, 1.165) is 11.8 Å². The Hall–Kier alpha value is -0.950. The molecule has 0 bridgehead atoms. The van der Waals surface area contributed by atoms with Gasteiger partial charge in [-0.1, -0.05) is 0 Å². The lowest BCUT2D eigenvalue weighted by molar-refractivity contribution is 0.101. The molecule has 0 spiro atoms. The van der Waals surface area contributed by atoms with Gasteiger partial charge in [0.05, 0.1) is 6.07 Å². The Morgan fingerprint density at radius 3 is 2.73 bits per heavy atom. The highest BCUT2D eigenvalue weighted by Gasteiger charge is 2.37. The van der Waals surface area contributed by atoms with E-state index in [9.17, 15) is 4.79 Å². The lowest BCUT2D eigenvalue weighted by atomic mass is 10.1. The minimum atomic E-state index is -0.614. The topological polar surface area (TPSA) is 50.1 Å². The van der Waals surface area contributed by atoms with E-state index in [4.69, 9.17) is 10.00 Å². The Balaban J connectivity index is 2.93. The molecule has 1 aliphatic heterocycles. The van der Waals surface area contributed by atoms with Crippen LogP contribution in [0.3, 0.4) is 0 Å². The zero-order valence-corrected chi connectivity index (χ0v) is 7.07. The molecule has 1 fully saturated rings. The third-order valence-corrected chi connectivity index (χ3v) is 2.40. The Bertz CT molecular complexity index is 262. The summed E-state index contributed by atoms with van der Waals surface area (Å²) in [5.41, 5.74) is -0.614. The van der Waals surface area contributed by atoms with Crippen LogP contribution >= 0.6 is 11.8 Å². The second-order valence-electron chi connectivity index (χ2n) is 2.60. The van der Waals surface area contributed by atoms with Crippen LogP contribution in [0.1, 0.15) is 13.8 Å². The summed E-state index contributed by atoms with van der Waals surface area (Å²) in [6.45, 7) is 3.52. The van der Waals surface area contributed by atoms with Gasteiger partial charge in [-0.05, 0) is 25.6 Å². The van der Waals surface area contributed by atoms with Crippen molar-refractivity contribution in [2.75, 3.05) is 0 Å². The maximum absolute atomic E-state index is 10.7. The summed E-state index contributed by atoms with van der Waals surface area (Å²) >= 11 is 0.975. The van der Waals surface area contributed by atoms with Gasteiger partial charge in [-0.2, -0.15) is 5.26 Å². The highest BCUT2D eigenvalue weighted by atomic mass is 32.2. The van der Waals surface area contributed by atoms with Gasteiger partial charge in [0.1, 0.15) is 5.60 Å². The Morgan fingerprint density at radius 2 is 2.36 bits per heavy atom. The predicted molar refractivity (Wildman–Crippen MR) is 41.8 cm³/mol.